The van der Waals surface area contributed by atoms with E-state index in [-0.39, 0.29) is 12.5 Å². The lowest BCUT2D eigenvalue weighted by atomic mass is 10.2. The molecule has 3 aliphatic rings. The molecule has 1 atom stereocenters. The summed E-state index contributed by atoms with van der Waals surface area (Å²) < 4.78 is 16.8. The number of nitrogens with zero attached hydrogens (tertiary/aromatic N) is 6. The fourth-order valence-corrected chi connectivity index (χ4v) is 5.05. The van der Waals surface area contributed by atoms with Gasteiger partial charge in [0.1, 0.15) is 0 Å². The first-order valence-corrected chi connectivity index (χ1v) is 12.9. The lowest BCUT2D eigenvalue weighted by molar-refractivity contribution is -0.133. The van der Waals surface area contributed by atoms with Crippen LogP contribution in [0.5, 0.6) is 11.5 Å². The van der Waals surface area contributed by atoms with Crippen LogP contribution in [0, 0.1) is 0 Å². The minimum absolute atomic E-state index is 0.00415. The van der Waals surface area contributed by atoms with Crippen molar-refractivity contribution in [2.75, 3.05) is 89.0 Å². The third kappa shape index (κ3) is 5.99. The van der Waals surface area contributed by atoms with Gasteiger partial charge in [0.15, 0.2) is 29.7 Å². The summed E-state index contributed by atoms with van der Waals surface area (Å²) >= 11 is 0. The summed E-state index contributed by atoms with van der Waals surface area (Å²) in [5.74, 6) is 2.95. The van der Waals surface area contributed by atoms with Crippen molar-refractivity contribution in [1.82, 2.24) is 20.0 Å². The quantitative estimate of drug-likeness (QED) is 0.540. The Morgan fingerprint density at radius 3 is 2.14 bits per heavy atom. The van der Waals surface area contributed by atoms with Crippen molar-refractivity contribution in [2.24, 2.45) is 0 Å². The number of piperazine rings is 2. The standard InChI is InChI=1S/C26H36N6O4/c1-34-22-6-2-3-7-23(22)36-20-26(33)32-16-14-31(15-17-32)25-9-8-24(27-28-25)30-12-10-29(11-13-30)19-21-5-4-18-35-21/h2-3,6-9,21H,4-5,10-20H2,1H3. The van der Waals surface area contributed by atoms with E-state index in [9.17, 15) is 4.79 Å². The number of ether oxygens (including phenoxy) is 3. The molecular weight excluding hydrogens is 460 g/mol. The molecule has 0 aliphatic carbocycles. The van der Waals surface area contributed by atoms with Crippen LogP contribution in [0.1, 0.15) is 12.8 Å². The number of aromatic nitrogens is 2. The molecule has 36 heavy (non-hydrogen) atoms. The van der Waals surface area contributed by atoms with Gasteiger partial charge in [-0.25, -0.2) is 0 Å². The molecule has 1 amide bonds. The van der Waals surface area contributed by atoms with Gasteiger partial charge in [-0.2, -0.15) is 0 Å². The highest BCUT2D eigenvalue weighted by molar-refractivity contribution is 5.78. The van der Waals surface area contributed by atoms with Crippen LogP contribution < -0.4 is 19.3 Å². The molecule has 0 saturated carbocycles. The van der Waals surface area contributed by atoms with Crippen molar-refractivity contribution in [1.29, 1.82) is 0 Å². The second-order valence-electron chi connectivity index (χ2n) is 9.48. The van der Waals surface area contributed by atoms with Crippen molar-refractivity contribution in [2.45, 2.75) is 18.9 Å². The molecule has 0 bridgehead atoms. The lowest BCUT2D eigenvalue weighted by Crippen LogP contribution is -2.50. The minimum atomic E-state index is -0.0272. The monoisotopic (exact) mass is 496 g/mol. The second-order valence-corrected chi connectivity index (χ2v) is 9.48. The molecule has 2 aromatic rings. The highest BCUT2D eigenvalue weighted by atomic mass is 16.5. The molecule has 0 radical (unpaired) electrons. The molecule has 1 aromatic heterocycles. The van der Waals surface area contributed by atoms with E-state index in [0.717, 1.165) is 64.1 Å². The molecule has 3 fully saturated rings. The van der Waals surface area contributed by atoms with Crippen molar-refractivity contribution >= 4 is 17.5 Å². The van der Waals surface area contributed by atoms with Crippen LogP contribution >= 0.6 is 0 Å². The van der Waals surface area contributed by atoms with Crippen LogP contribution in [0.2, 0.25) is 0 Å². The zero-order chi connectivity index (χ0) is 24.7. The van der Waals surface area contributed by atoms with Gasteiger partial charge in [-0.15, -0.1) is 10.2 Å². The number of methoxy groups -OCH3 is 1. The Labute approximate surface area is 212 Å². The Morgan fingerprint density at radius 2 is 1.56 bits per heavy atom. The average molecular weight is 497 g/mol. The van der Waals surface area contributed by atoms with Gasteiger partial charge < -0.3 is 28.9 Å². The largest absolute Gasteiger partial charge is 0.493 e. The zero-order valence-electron chi connectivity index (χ0n) is 21.1. The Bertz CT molecular complexity index is 984. The minimum Gasteiger partial charge on any atom is -0.493 e. The first kappa shape index (κ1) is 24.6. The average Bonchev–Trinajstić information content (AvgIpc) is 3.45. The van der Waals surface area contributed by atoms with E-state index in [4.69, 9.17) is 14.2 Å². The van der Waals surface area contributed by atoms with Gasteiger partial charge in [0.05, 0.1) is 13.2 Å². The third-order valence-electron chi connectivity index (χ3n) is 7.20. The maximum Gasteiger partial charge on any atom is 0.260 e. The Balaban J connectivity index is 1.06. The Hall–Kier alpha value is -3.11. The van der Waals surface area contributed by atoms with Gasteiger partial charge in [-0.3, -0.25) is 9.69 Å². The molecule has 1 unspecified atom stereocenters. The summed E-state index contributed by atoms with van der Waals surface area (Å²) in [5.41, 5.74) is 0. The van der Waals surface area contributed by atoms with E-state index in [1.165, 1.54) is 12.8 Å². The highest BCUT2D eigenvalue weighted by Gasteiger charge is 2.25. The summed E-state index contributed by atoms with van der Waals surface area (Å²) in [5, 5.41) is 9.02. The molecule has 10 nitrogen and oxygen atoms in total. The van der Waals surface area contributed by atoms with Crippen LogP contribution in [-0.4, -0.2) is 111 Å². The van der Waals surface area contributed by atoms with Crippen LogP contribution in [0.3, 0.4) is 0 Å². The van der Waals surface area contributed by atoms with E-state index in [1.807, 2.05) is 29.2 Å². The number of anilines is 2. The molecular formula is C26H36N6O4. The summed E-state index contributed by atoms with van der Waals surface area (Å²) in [4.78, 5) is 21.5. The molecule has 10 heteroatoms. The highest BCUT2D eigenvalue weighted by Crippen LogP contribution is 2.26. The number of rotatable bonds is 8. The van der Waals surface area contributed by atoms with Gasteiger partial charge in [0, 0.05) is 65.5 Å². The summed E-state index contributed by atoms with van der Waals surface area (Å²) in [6.07, 6.45) is 2.79. The van der Waals surface area contributed by atoms with Gasteiger partial charge >= 0.3 is 0 Å². The van der Waals surface area contributed by atoms with Gasteiger partial charge in [-0.1, -0.05) is 12.1 Å². The number of para-hydroxylation sites is 2. The van der Waals surface area contributed by atoms with E-state index >= 15 is 0 Å². The van der Waals surface area contributed by atoms with Crippen LogP contribution in [0.25, 0.3) is 0 Å². The summed E-state index contributed by atoms with van der Waals surface area (Å²) in [6, 6.07) is 11.5. The second kappa shape index (κ2) is 11.7. The van der Waals surface area contributed by atoms with E-state index in [1.54, 1.807) is 13.2 Å². The molecule has 1 aromatic carbocycles. The van der Waals surface area contributed by atoms with Crippen molar-refractivity contribution < 1.29 is 19.0 Å². The van der Waals surface area contributed by atoms with Crippen LogP contribution in [0.4, 0.5) is 11.6 Å². The van der Waals surface area contributed by atoms with E-state index in [0.29, 0.717) is 30.7 Å². The number of hydrogen-bond donors (Lipinski definition) is 0. The van der Waals surface area contributed by atoms with Crippen molar-refractivity contribution in [3.63, 3.8) is 0 Å². The smallest absolute Gasteiger partial charge is 0.260 e. The van der Waals surface area contributed by atoms with E-state index in [2.05, 4.69) is 31.0 Å². The van der Waals surface area contributed by atoms with Crippen molar-refractivity contribution in [3.05, 3.63) is 36.4 Å². The Morgan fingerprint density at radius 1 is 0.917 bits per heavy atom. The molecule has 3 aliphatic heterocycles. The molecule has 3 saturated heterocycles. The SMILES string of the molecule is COc1ccccc1OCC(=O)N1CCN(c2ccc(N3CCN(CC4CCCO4)CC3)nn2)CC1. The fraction of sp³-hybridized carbons (Fsp3) is 0.577. The first-order chi connectivity index (χ1) is 17.7. The van der Waals surface area contributed by atoms with Gasteiger partial charge in [0.25, 0.3) is 5.91 Å². The first-order valence-electron chi connectivity index (χ1n) is 12.9. The molecule has 4 heterocycles. The summed E-state index contributed by atoms with van der Waals surface area (Å²) in [6.45, 7) is 8.61. The number of carbonyl (C=O) groups excluding carboxylic acids is 1. The maximum absolute atomic E-state index is 12.7. The molecule has 0 N–H and O–H groups in total. The van der Waals surface area contributed by atoms with Gasteiger partial charge in [0.2, 0.25) is 0 Å². The Kier molecular flexibility index (Phi) is 8.02. The maximum atomic E-state index is 12.7. The third-order valence-corrected chi connectivity index (χ3v) is 7.20. The van der Waals surface area contributed by atoms with Crippen LogP contribution in [0.15, 0.2) is 36.4 Å². The molecule has 194 valence electrons. The topological polar surface area (TPSA) is 83.5 Å². The number of amides is 1. The normalized spacial score (nSPS) is 21.0. The van der Waals surface area contributed by atoms with Crippen LogP contribution in [-0.2, 0) is 9.53 Å². The van der Waals surface area contributed by atoms with E-state index < -0.39 is 0 Å². The molecule has 5 rings (SSSR count). The zero-order valence-corrected chi connectivity index (χ0v) is 21.1. The van der Waals surface area contributed by atoms with Crippen molar-refractivity contribution in [3.8, 4) is 11.5 Å². The predicted octanol–water partition coefficient (Wildman–Crippen LogP) is 1.51. The lowest BCUT2D eigenvalue weighted by Gasteiger charge is -2.37. The fourth-order valence-electron chi connectivity index (χ4n) is 5.05. The van der Waals surface area contributed by atoms with Gasteiger partial charge in [-0.05, 0) is 37.1 Å². The number of hydrogen-bond acceptors (Lipinski definition) is 9. The predicted molar refractivity (Wildman–Crippen MR) is 137 cm³/mol. The summed E-state index contributed by atoms with van der Waals surface area (Å²) in [7, 11) is 1.59. The number of carbonyl (C=O) groups is 1. The molecule has 0 spiro atoms. The number of benzene rings is 1.